The molecule has 2 heterocycles. The molecule has 162 valence electrons. The molecule has 2 N–H and O–H groups in total. The van der Waals surface area contributed by atoms with Crippen LogP contribution in [-0.4, -0.2) is 76.5 Å². The predicted molar refractivity (Wildman–Crippen MR) is 99.0 cm³/mol. The second-order valence-corrected chi connectivity index (χ2v) is 5.53. The fourth-order valence-electron chi connectivity index (χ4n) is 2.85. The van der Waals surface area contributed by atoms with E-state index in [-0.39, 0.29) is 45.4 Å². The van der Waals surface area contributed by atoms with E-state index in [4.69, 9.17) is 28.4 Å². The van der Waals surface area contributed by atoms with Gasteiger partial charge in [0.25, 0.3) is 0 Å². The maximum absolute atomic E-state index is 12.4. The van der Waals surface area contributed by atoms with Gasteiger partial charge in [-0.05, 0) is 0 Å². The molecule has 2 aromatic heterocycles. The normalized spacial score (nSPS) is 10.2. The number of ether oxygens (including phenoxy) is 6. The molecule has 0 atom stereocenters. The van der Waals surface area contributed by atoms with E-state index in [1.807, 2.05) is 0 Å². The molecule has 0 amide bonds. The van der Waals surface area contributed by atoms with Gasteiger partial charge < -0.3 is 38.4 Å². The summed E-state index contributed by atoms with van der Waals surface area (Å²) in [7, 11) is 6.97. The third kappa shape index (κ3) is 3.54. The van der Waals surface area contributed by atoms with Crippen molar-refractivity contribution >= 4 is 23.9 Å². The molecular weight excluding hydrogens is 404 g/mol. The van der Waals surface area contributed by atoms with Crippen LogP contribution < -0.4 is 9.47 Å². The van der Waals surface area contributed by atoms with E-state index in [0.29, 0.717) is 0 Å². The van der Waals surface area contributed by atoms with Gasteiger partial charge in [0.1, 0.15) is 11.4 Å². The van der Waals surface area contributed by atoms with E-state index in [9.17, 15) is 19.2 Å². The van der Waals surface area contributed by atoms with Gasteiger partial charge in [-0.2, -0.15) is 0 Å². The standard InChI is InChI=1S/C18H20N2O10/c1-25-13-7(9(15(21)27-3)19-11(13)17(23)29-5)8-10(16(22)28-4)20-12(14(8)26-2)18(24)30-6/h19-20H,1-6H3. The Balaban J connectivity index is 3.04. The highest BCUT2D eigenvalue weighted by molar-refractivity contribution is 6.10. The maximum atomic E-state index is 12.4. The molecule has 0 unspecified atom stereocenters. The fraction of sp³-hybridized carbons (Fsp3) is 0.333. The first-order valence-electron chi connectivity index (χ1n) is 8.24. The summed E-state index contributed by atoms with van der Waals surface area (Å²) in [6, 6.07) is 0. The molecule has 0 aliphatic heterocycles. The monoisotopic (exact) mass is 424 g/mol. The number of hydrogen-bond acceptors (Lipinski definition) is 10. The first-order chi connectivity index (χ1) is 14.3. The summed E-state index contributed by atoms with van der Waals surface area (Å²) in [4.78, 5) is 54.4. The van der Waals surface area contributed by atoms with Gasteiger partial charge in [-0.1, -0.05) is 0 Å². The second-order valence-electron chi connectivity index (χ2n) is 5.53. The molecule has 30 heavy (non-hydrogen) atoms. The molecule has 0 aromatic carbocycles. The number of methoxy groups -OCH3 is 6. The number of aromatic amines is 2. The lowest BCUT2D eigenvalue weighted by Gasteiger charge is -2.10. The molecular formula is C18H20N2O10. The molecule has 12 nitrogen and oxygen atoms in total. The van der Waals surface area contributed by atoms with E-state index in [2.05, 4.69) is 9.97 Å². The third-order valence-electron chi connectivity index (χ3n) is 4.12. The molecule has 0 aliphatic carbocycles. The highest BCUT2D eigenvalue weighted by Gasteiger charge is 2.37. The zero-order valence-corrected chi connectivity index (χ0v) is 17.1. The first kappa shape index (κ1) is 22.3. The van der Waals surface area contributed by atoms with Crippen molar-refractivity contribution in [3.05, 3.63) is 22.8 Å². The van der Waals surface area contributed by atoms with Crippen molar-refractivity contribution in [2.45, 2.75) is 0 Å². The number of carbonyl (C=O) groups is 4. The van der Waals surface area contributed by atoms with Gasteiger partial charge in [0.2, 0.25) is 0 Å². The summed E-state index contributed by atoms with van der Waals surface area (Å²) in [6.07, 6.45) is 0. The Morgan fingerprint density at radius 2 is 0.767 bits per heavy atom. The summed E-state index contributed by atoms with van der Waals surface area (Å²) >= 11 is 0. The van der Waals surface area contributed by atoms with E-state index in [1.165, 1.54) is 14.2 Å². The number of esters is 4. The summed E-state index contributed by atoms with van der Waals surface area (Å²) < 4.78 is 29.6. The van der Waals surface area contributed by atoms with Gasteiger partial charge in [0.15, 0.2) is 22.9 Å². The Bertz CT molecular complexity index is 921. The Kier molecular flexibility index (Phi) is 6.72. The molecule has 0 fully saturated rings. The van der Waals surface area contributed by atoms with Crippen molar-refractivity contribution in [1.82, 2.24) is 9.97 Å². The average Bonchev–Trinajstić information content (AvgIpc) is 3.34. The zero-order chi connectivity index (χ0) is 22.6. The molecule has 12 heteroatoms. The average molecular weight is 424 g/mol. The lowest BCUT2D eigenvalue weighted by atomic mass is 10.0. The van der Waals surface area contributed by atoms with Crippen molar-refractivity contribution in [3.8, 4) is 22.6 Å². The minimum Gasteiger partial charge on any atom is -0.494 e. The molecule has 0 saturated heterocycles. The molecule has 0 saturated carbocycles. The van der Waals surface area contributed by atoms with Crippen LogP contribution in [0.2, 0.25) is 0 Å². The first-order valence-corrected chi connectivity index (χ1v) is 8.24. The van der Waals surface area contributed by atoms with Crippen molar-refractivity contribution in [2.75, 3.05) is 42.7 Å². The number of hydrogen-bond donors (Lipinski definition) is 2. The lowest BCUT2D eigenvalue weighted by Crippen LogP contribution is -2.08. The number of nitrogens with one attached hydrogen (secondary N) is 2. The number of H-pyrrole nitrogens is 2. The van der Waals surface area contributed by atoms with Gasteiger partial charge in [0, 0.05) is 0 Å². The zero-order valence-electron chi connectivity index (χ0n) is 17.1. The second kappa shape index (κ2) is 9.03. The molecule has 0 aliphatic rings. The molecule has 0 spiro atoms. The number of rotatable bonds is 7. The van der Waals surface area contributed by atoms with Crippen LogP contribution in [0.4, 0.5) is 0 Å². The van der Waals surface area contributed by atoms with Crippen LogP contribution >= 0.6 is 0 Å². The Hall–Kier alpha value is -3.96. The lowest BCUT2D eigenvalue weighted by molar-refractivity contribution is 0.0571. The predicted octanol–water partition coefficient (Wildman–Crippen LogP) is 1.17. The number of carbonyl (C=O) groups excluding carboxylic acids is 4. The van der Waals surface area contributed by atoms with Gasteiger partial charge >= 0.3 is 23.9 Å². The Labute approximate surface area is 170 Å². The summed E-state index contributed by atoms with van der Waals surface area (Å²) in [6.45, 7) is 0. The largest absolute Gasteiger partial charge is 0.494 e. The summed E-state index contributed by atoms with van der Waals surface area (Å²) in [5, 5.41) is 0. The van der Waals surface area contributed by atoms with E-state index < -0.39 is 23.9 Å². The van der Waals surface area contributed by atoms with Crippen molar-refractivity contribution in [2.24, 2.45) is 0 Å². The fourth-order valence-corrected chi connectivity index (χ4v) is 2.85. The highest BCUT2D eigenvalue weighted by Crippen LogP contribution is 2.45. The van der Waals surface area contributed by atoms with Gasteiger partial charge in [-0.15, -0.1) is 0 Å². The minimum atomic E-state index is -0.892. The van der Waals surface area contributed by atoms with Gasteiger partial charge in [-0.3, -0.25) is 0 Å². The SMILES string of the molecule is COC(=O)c1[nH]c(C(=O)OC)c(-c2c(C(=O)OC)[nH]c(C(=O)OC)c2OC)c1OC. The van der Waals surface area contributed by atoms with Crippen LogP contribution in [0.3, 0.4) is 0 Å². The van der Waals surface area contributed by atoms with Crippen LogP contribution in [0.25, 0.3) is 11.1 Å². The number of aromatic nitrogens is 2. The highest BCUT2D eigenvalue weighted by atomic mass is 16.5. The summed E-state index contributed by atoms with van der Waals surface area (Å²) in [5.74, 6) is -3.80. The maximum Gasteiger partial charge on any atom is 0.358 e. The van der Waals surface area contributed by atoms with Crippen LogP contribution in [0.15, 0.2) is 0 Å². The van der Waals surface area contributed by atoms with E-state index in [0.717, 1.165) is 28.4 Å². The Morgan fingerprint density at radius 1 is 0.500 bits per heavy atom. The van der Waals surface area contributed by atoms with Gasteiger partial charge in [0.05, 0.1) is 53.8 Å². The van der Waals surface area contributed by atoms with Gasteiger partial charge in [-0.25, -0.2) is 19.2 Å². The Morgan fingerprint density at radius 3 is 1.00 bits per heavy atom. The van der Waals surface area contributed by atoms with Crippen molar-refractivity contribution in [3.63, 3.8) is 0 Å². The van der Waals surface area contributed by atoms with Crippen LogP contribution in [0.1, 0.15) is 42.0 Å². The van der Waals surface area contributed by atoms with E-state index in [1.54, 1.807) is 0 Å². The summed E-state index contributed by atoms with van der Waals surface area (Å²) in [5.41, 5.74) is -1.15. The van der Waals surface area contributed by atoms with Crippen LogP contribution in [-0.2, 0) is 18.9 Å². The third-order valence-corrected chi connectivity index (χ3v) is 4.12. The molecule has 2 aromatic rings. The molecule has 0 radical (unpaired) electrons. The van der Waals surface area contributed by atoms with E-state index >= 15 is 0 Å². The minimum absolute atomic E-state index is 0.0894. The topological polar surface area (TPSA) is 155 Å². The molecule has 0 bridgehead atoms. The van der Waals surface area contributed by atoms with Crippen molar-refractivity contribution < 1.29 is 47.6 Å². The molecule has 2 rings (SSSR count). The van der Waals surface area contributed by atoms with Crippen LogP contribution in [0.5, 0.6) is 11.5 Å². The smallest absolute Gasteiger partial charge is 0.358 e. The quantitative estimate of drug-likeness (QED) is 0.489. The van der Waals surface area contributed by atoms with Crippen LogP contribution in [0, 0.1) is 0 Å². The van der Waals surface area contributed by atoms with Crippen molar-refractivity contribution in [1.29, 1.82) is 0 Å².